The van der Waals surface area contributed by atoms with Crippen molar-refractivity contribution in [2.75, 3.05) is 32.8 Å². The lowest BCUT2D eigenvalue weighted by molar-refractivity contribution is 0.0342. The van der Waals surface area contributed by atoms with E-state index in [1.54, 1.807) is 0 Å². The standard InChI is InChI=1S/C23H30N6O/c24-5-1-2-17-10-20(11-17)29-16-19(13-26-29)23-14-25-21-4-3-18(12-22(21)27-23)15-28-6-8-30-9-7-28/h3-4,12-14,16-17,20H,1-2,5-11,15,24H2. The van der Waals surface area contributed by atoms with Crippen LogP contribution in [0.5, 0.6) is 0 Å². The van der Waals surface area contributed by atoms with E-state index < -0.39 is 0 Å². The number of fused-ring (bicyclic) bond motifs is 1. The van der Waals surface area contributed by atoms with E-state index in [2.05, 4.69) is 44.1 Å². The first-order valence-electron chi connectivity index (χ1n) is 11.1. The molecule has 158 valence electrons. The number of aromatic nitrogens is 4. The Kier molecular flexibility index (Phi) is 5.75. The summed E-state index contributed by atoms with van der Waals surface area (Å²) in [4.78, 5) is 12.0. The van der Waals surface area contributed by atoms with E-state index in [9.17, 15) is 0 Å². The second kappa shape index (κ2) is 8.79. The third kappa shape index (κ3) is 4.24. The van der Waals surface area contributed by atoms with Gasteiger partial charge >= 0.3 is 0 Å². The zero-order chi connectivity index (χ0) is 20.3. The van der Waals surface area contributed by atoms with Gasteiger partial charge in [-0.1, -0.05) is 6.07 Å². The van der Waals surface area contributed by atoms with Crippen LogP contribution in [0.3, 0.4) is 0 Å². The second-order valence-electron chi connectivity index (χ2n) is 8.60. The van der Waals surface area contributed by atoms with Crippen molar-refractivity contribution in [2.45, 2.75) is 38.3 Å². The Morgan fingerprint density at radius 1 is 1.10 bits per heavy atom. The molecule has 3 heterocycles. The van der Waals surface area contributed by atoms with Gasteiger partial charge in [-0.25, -0.2) is 4.98 Å². The van der Waals surface area contributed by atoms with Crippen LogP contribution in [0.4, 0.5) is 0 Å². The van der Waals surface area contributed by atoms with E-state index in [1.165, 1.54) is 24.8 Å². The van der Waals surface area contributed by atoms with Crippen molar-refractivity contribution in [1.82, 2.24) is 24.6 Å². The summed E-state index contributed by atoms with van der Waals surface area (Å²) in [5.74, 6) is 0.802. The summed E-state index contributed by atoms with van der Waals surface area (Å²) >= 11 is 0. The molecule has 2 aliphatic rings. The Labute approximate surface area is 177 Å². The summed E-state index contributed by atoms with van der Waals surface area (Å²) in [7, 11) is 0. The van der Waals surface area contributed by atoms with Crippen molar-refractivity contribution < 1.29 is 4.74 Å². The Morgan fingerprint density at radius 3 is 2.80 bits per heavy atom. The van der Waals surface area contributed by atoms with E-state index >= 15 is 0 Å². The van der Waals surface area contributed by atoms with Gasteiger partial charge in [-0.3, -0.25) is 14.6 Å². The molecule has 1 aromatic carbocycles. The van der Waals surface area contributed by atoms with Gasteiger partial charge in [0.25, 0.3) is 0 Å². The summed E-state index contributed by atoms with van der Waals surface area (Å²) in [5, 5.41) is 4.61. The van der Waals surface area contributed by atoms with Crippen LogP contribution in [-0.4, -0.2) is 57.5 Å². The number of nitrogens with two attached hydrogens (primary N) is 1. The molecule has 0 atom stereocenters. The van der Waals surface area contributed by atoms with E-state index in [0.29, 0.717) is 6.04 Å². The lowest BCUT2D eigenvalue weighted by Crippen LogP contribution is -2.35. The van der Waals surface area contributed by atoms with Crippen LogP contribution < -0.4 is 5.73 Å². The first kappa shape index (κ1) is 19.6. The molecule has 5 rings (SSSR count). The maximum atomic E-state index is 5.63. The van der Waals surface area contributed by atoms with Crippen LogP contribution >= 0.6 is 0 Å². The van der Waals surface area contributed by atoms with E-state index in [-0.39, 0.29) is 0 Å². The van der Waals surface area contributed by atoms with Crippen LogP contribution in [0.15, 0.2) is 36.8 Å². The molecule has 0 radical (unpaired) electrons. The molecule has 2 N–H and O–H groups in total. The van der Waals surface area contributed by atoms with Gasteiger partial charge in [0.05, 0.1) is 48.4 Å². The zero-order valence-electron chi connectivity index (χ0n) is 17.4. The van der Waals surface area contributed by atoms with Crippen molar-refractivity contribution in [3.05, 3.63) is 42.4 Å². The molecule has 0 spiro atoms. The first-order chi connectivity index (χ1) is 14.8. The fourth-order valence-electron chi connectivity index (χ4n) is 4.54. The second-order valence-corrected chi connectivity index (χ2v) is 8.60. The maximum absolute atomic E-state index is 5.63. The number of benzene rings is 1. The molecule has 0 amide bonds. The van der Waals surface area contributed by atoms with Crippen molar-refractivity contribution in [1.29, 1.82) is 0 Å². The highest BCUT2D eigenvalue weighted by Gasteiger charge is 2.30. The van der Waals surface area contributed by atoms with Gasteiger partial charge in [0.1, 0.15) is 0 Å². The molecule has 0 unspecified atom stereocenters. The van der Waals surface area contributed by atoms with Gasteiger partial charge in [0.2, 0.25) is 0 Å². The zero-order valence-corrected chi connectivity index (χ0v) is 17.4. The number of hydrogen-bond acceptors (Lipinski definition) is 6. The molecule has 2 fully saturated rings. The van der Waals surface area contributed by atoms with Crippen molar-refractivity contribution >= 4 is 11.0 Å². The number of nitrogens with zero attached hydrogens (tertiary/aromatic N) is 5. The number of ether oxygens (including phenoxy) is 1. The summed E-state index contributed by atoms with van der Waals surface area (Å²) in [6, 6.07) is 6.90. The van der Waals surface area contributed by atoms with Gasteiger partial charge in [-0.15, -0.1) is 0 Å². The average molecular weight is 407 g/mol. The molecule has 1 saturated carbocycles. The van der Waals surface area contributed by atoms with E-state index in [0.717, 1.165) is 74.0 Å². The smallest absolute Gasteiger partial charge is 0.0924 e. The molecular formula is C23H30N6O. The van der Waals surface area contributed by atoms with Crippen LogP contribution in [0, 0.1) is 5.92 Å². The number of morpholine rings is 1. The molecule has 1 saturated heterocycles. The average Bonchev–Trinajstić information content (AvgIpc) is 3.23. The van der Waals surface area contributed by atoms with Gasteiger partial charge in [0.15, 0.2) is 0 Å². The van der Waals surface area contributed by atoms with Crippen molar-refractivity contribution in [3.63, 3.8) is 0 Å². The normalized spacial score (nSPS) is 22.3. The van der Waals surface area contributed by atoms with E-state index in [1.807, 2.05) is 12.4 Å². The van der Waals surface area contributed by atoms with Gasteiger partial charge < -0.3 is 10.5 Å². The van der Waals surface area contributed by atoms with Crippen LogP contribution in [0.2, 0.25) is 0 Å². The first-order valence-corrected chi connectivity index (χ1v) is 11.1. The monoisotopic (exact) mass is 406 g/mol. The van der Waals surface area contributed by atoms with Crippen molar-refractivity contribution in [2.24, 2.45) is 11.7 Å². The molecule has 30 heavy (non-hydrogen) atoms. The van der Waals surface area contributed by atoms with Gasteiger partial charge in [-0.2, -0.15) is 5.10 Å². The SMILES string of the molecule is NCCCC1CC(n2cc(-c3cnc4ccc(CN5CCOCC5)cc4n3)cn2)C1. The number of rotatable bonds is 7. The molecule has 0 bridgehead atoms. The summed E-state index contributed by atoms with van der Waals surface area (Å²) in [6.45, 7) is 5.32. The molecule has 7 heteroatoms. The minimum atomic E-state index is 0.509. The van der Waals surface area contributed by atoms with E-state index in [4.69, 9.17) is 15.5 Å². The highest BCUT2D eigenvalue weighted by Crippen LogP contribution is 2.40. The highest BCUT2D eigenvalue weighted by molar-refractivity contribution is 5.77. The van der Waals surface area contributed by atoms with Crippen LogP contribution in [0.1, 0.15) is 37.3 Å². The Balaban J connectivity index is 1.29. The third-order valence-electron chi connectivity index (χ3n) is 6.42. The predicted molar refractivity (Wildman–Crippen MR) is 117 cm³/mol. The van der Waals surface area contributed by atoms with Gasteiger partial charge in [0, 0.05) is 31.4 Å². The lowest BCUT2D eigenvalue weighted by Gasteiger charge is -2.35. The Morgan fingerprint density at radius 2 is 1.97 bits per heavy atom. The third-order valence-corrected chi connectivity index (χ3v) is 6.42. The molecule has 1 aliphatic carbocycles. The molecule has 2 aromatic heterocycles. The summed E-state index contributed by atoms with van der Waals surface area (Å²) in [5.41, 5.74) is 10.7. The minimum Gasteiger partial charge on any atom is -0.379 e. The topological polar surface area (TPSA) is 82.1 Å². The molecule has 1 aliphatic heterocycles. The maximum Gasteiger partial charge on any atom is 0.0924 e. The van der Waals surface area contributed by atoms with Crippen LogP contribution in [-0.2, 0) is 11.3 Å². The highest BCUT2D eigenvalue weighted by atomic mass is 16.5. The lowest BCUT2D eigenvalue weighted by atomic mass is 9.77. The van der Waals surface area contributed by atoms with Crippen molar-refractivity contribution in [3.8, 4) is 11.3 Å². The fourth-order valence-corrected chi connectivity index (χ4v) is 4.54. The minimum absolute atomic E-state index is 0.509. The van der Waals surface area contributed by atoms with Crippen LogP contribution in [0.25, 0.3) is 22.3 Å². The molecular weight excluding hydrogens is 376 g/mol. The predicted octanol–water partition coefficient (Wildman–Crippen LogP) is 3.02. The summed E-state index contributed by atoms with van der Waals surface area (Å²) < 4.78 is 7.56. The Bertz CT molecular complexity index is 990. The Hall–Kier alpha value is -2.35. The fraction of sp³-hybridized carbons (Fsp3) is 0.522. The van der Waals surface area contributed by atoms with Gasteiger partial charge in [-0.05, 0) is 55.8 Å². The molecule has 3 aromatic rings. The quantitative estimate of drug-likeness (QED) is 0.649. The largest absolute Gasteiger partial charge is 0.379 e. The summed E-state index contributed by atoms with van der Waals surface area (Å²) in [6.07, 6.45) is 10.7. The number of hydrogen-bond donors (Lipinski definition) is 1. The molecule has 7 nitrogen and oxygen atoms in total.